The minimum absolute atomic E-state index is 0.164. The van der Waals surface area contributed by atoms with Crippen LogP contribution in [0.3, 0.4) is 0 Å². The van der Waals surface area contributed by atoms with Crippen LogP contribution in [0.25, 0.3) is 10.2 Å². The predicted octanol–water partition coefficient (Wildman–Crippen LogP) is 3.38. The van der Waals surface area contributed by atoms with E-state index in [9.17, 15) is 4.79 Å². The number of morpholine rings is 1. The first-order valence-corrected chi connectivity index (χ1v) is 11.5. The fourth-order valence-corrected chi connectivity index (χ4v) is 5.77. The zero-order chi connectivity index (χ0) is 21.0. The molecule has 30 heavy (non-hydrogen) atoms. The lowest BCUT2D eigenvalue weighted by molar-refractivity contribution is 0.0214. The molecule has 0 radical (unpaired) electrons. The number of likely N-dealkylation sites (tertiary alicyclic amines) is 1. The summed E-state index contributed by atoms with van der Waals surface area (Å²) in [5.74, 6) is 0.836. The molecule has 0 N–H and O–H groups in total. The van der Waals surface area contributed by atoms with Crippen molar-refractivity contribution < 1.29 is 14.3 Å². The summed E-state index contributed by atoms with van der Waals surface area (Å²) in [6.45, 7) is 10.1. The van der Waals surface area contributed by atoms with Gasteiger partial charge < -0.3 is 24.2 Å². The Kier molecular flexibility index (Phi) is 4.95. The Morgan fingerprint density at radius 2 is 2.00 bits per heavy atom. The van der Waals surface area contributed by atoms with Gasteiger partial charge in [0.1, 0.15) is 16.3 Å². The lowest BCUT2D eigenvalue weighted by Gasteiger charge is -2.35. The van der Waals surface area contributed by atoms with Crippen molar-refractivity contribution >= 4 is 50.2 Å². The summed E-state index contributed by atoms with van der Waals surface area (Å²) in [6, 6.07) is 2.32. The molecule has 0 aliphatic carbocycles. The van der Waals surface area contributed by atoms with Crippen LogP contribution in [0.4, 0.5) is 15.7 Å². The second kappa shape index (κ2) is 7.39. The number of thiazole rings is 1. The first kappa shape index (κ1) is 20.1. The van der Waals surface area contributed by atoms with Crippen molar-refractivity contribution in [2.45, 2.75) is 44.9 Å². The number of halogens is 1. The van der Waals surface area contributed by atoms with E-state index in [1.807, 2.05) is 31.7 Å². The van der Waals surface area contributed by atoms with Crippen molar-refractivity contribution in [1.29, 1.82) is 0 Å². The number of carbonyl (C=O) groups excluding carboxylic acids is 1. The zero-order valence-electron chi connectivity index (χ0n) is 17.4. The molecule has 10 heteroatoms. The molecule has 3 fully saturated rings. The summed E-state index contributed by atoms with van der Waals surface area (Å²) in [6.07, 6.45) is 0.731. The van der Waals surface area contributed by atoms with Crippen molar-refractivity contribution in [3.05, 3.63) is 11.2 Å². The molecule has 2 aromatic heterocycles. The van der Waals surface area contributed by atoms with Gasteiger partial charge in [0.15, 0.2) is 10.9 Å². The summed E-state index contributed by atoms with van der Waals surface area (Å²) in [7, 11) is 0. The molecule has 2 aromatic rings. The normalized spacial score (nSPS) is 24.2. The minimum atomic E-state index is -0.478. The standard InChI is InChI=1S/C20H26ClN5O3S/c1-20(2,3)29-19(27)26-11-12-8-13(26)10-25(12)18-23-16-14(30-18)9-15(21)22-17(16)24-4-6-28-7-5-24/h9,12-13H,4-8,10-11H2,1-3H3/t12-,13-/m1/s1. The molecule has 1 amide bonds. The molecule has 8 nitrogen and oxygen atoms in total. The van der Waals surface area contributed by atoms with Gasteiger partial charge in [0.2, 0.25) is 0 Å². The van der Waals surface area contributed by atoms with Crippen molar-refractivity contribution in [3.8, 4) is 0 Å². The number of hydrogen-bond donors (Lipinski definition) is 0. The average molecular weight is 452 g/mol. The zero-order valence-corrected chi connectivity index (χ0v) is 19.0. The van der Waals surface area contributed by atoms with Crippen molar-refractivity contribution in [2.24, 2.45) is 0 Å². The number of anilines is 2. The van der Waals surface area contributed by atoms with Crippen LogP contribution in [0, 0.1) is 0 Å². The molecule has 3 saturated heterocycles. The quantitative estimate of drug-likeness (QED) is 0.648. The molecule has 2 bridgehead atoms. The number of hydrogen-bond acceptors (Lipinski definition) is 8. The van der Waals surface area contributed by atoms with E-state index in [2.05, 4.69) is 14.8 Å². The first-order valence-electron chi connectivity index (χ1n) is 10.3. The Morgan fingerprint density at radius 3 is 2.67 bits per heavy atom. The second-order valence-corrected chi connectivity index (χ2v) is 10.4. The van der Waals surface area contributed by atoms with Gasteiger partial charge in [-0.1, -0.05) is 22.9 Å². The lowest BCUT2D eigenvalue weighted by Crippen LogP contribution is -2.50. The highest BCUT2D eigenvalue weighted by atomic mass is 35.5. The van der Waals surface area contributed by atoms with Gasteiger partial charge in [-0.25, -0.2) is 14.8 Å². The SMILES string of the molecule is CC(C)(C)OC(=O)N1C[C@H]2C[C@@H]1CN2c1nc2c(N3CCOCC3)nc(Cl)cc2s1. The Morgan fingerprint density at radius 1 is 1.23 bits per heavy atom. The van der Waals surface area contributed by atoms with Crippen molar-refractivity contribution in [2.75, 3.05) is 49.2 Å². The number of rotatable bonds is 2. The fourth-order valence-electron chi connectivity index (χ4n) is 4.44. The molecular weight excluding hydrogens is 426 g/mol. The van der Waals surface area contributed by atoms with Crippen LogP contribution in [0.1, 0.15) is 27.2 Å². The van der Waals surface area contributed by atoms with E-state index < -0.39 is 5.60 Å². The first-order chi connectivity index (χ1) is 14.3. The third-order valence-corrected chi connectivity index (χ3v) is 6.97. The Labute approximate surface area is 184 Å². The maximum absolute atomic E-state index is 12.5. The van der Waals surface area contributed by atoms with Gasteiger partial charge in [0, 0.05) is 26.2 Å². The number of nitrogens with zero attached hydrogens (tertiary/aromatic N) is 5. The van der Waals surface area contributed by atoms with Gasteiger partial charge in [-0.2, -0.15) is 0 Å². The molecule has 0 saturated carbocycles. The Bertz CT molecular complexity index is 971. The van der Waals surface area contributed by atoms with E-state index in [1.54, 1.807) is 11.3 Å². The third-order valence-electron chi connectivity index (χ3n) is 5.74. The number of piperazine rings is 1. The van der Waals surface area contributed by atoms with Gasteiger partial charge >= 0.3 is 6.09 Å². The monoisotopic (exact) mass is 451 g/mol. The molecule has 5 heterocycles. The van der Waals surface area contributed by atoms with E-state index in [4.69, 9.17) is 26.1 Å². The Hall–Kier alpha value is -1.84. The molecule has 3 aliphatic heterocycles. The molecule has 162 valence electrons. The number of carbonyl (C=O) groups is 1. The summed E-state index contributed by atoms with van der Waals surface area (Å²) in [5, 5.41) is 1.46. The molecule has 0 unspecified atom stereocenters. The van der Waals surface area contributed by atoms with Crippen LogP contribution in [-0.4, -0.2) is 78.0 Å². The molecule has 0 aromatic carbocycles. The van der Waals surface area contributed by atoms with Crippen molar-refractivity contribution in [1.82, 2.24) is 14.9 Å². The highest BCUT2D eigenvalue weighted by Gasteiger charge is 2.47. The largest absolute Gasteiger partial charge is 0.444 e. The second-order valence-electron chi connectivity index (χ2n) is 9.04. The topological polar surface area (TPSA) is 71.0 Å². The van der Waals surface area contributed by atoms with Gasteiger partial charge in [-0.05, 0) is 33.3 Å². The van der Waals surface area contributed by atoms with Gasteiger partial charge in [0.05, 0.1) is 30.0 Å². The average Bonchev–Trinajstić information content (AvgIpc) is 3.40. The number of pyridine rings is 1. The molecule has 3 aliphatic rings. The van der Waals surface area contributed by atoms with E-state index in [0.717, 1.165) is 47.2 Å². The highest BCUT2D eigenvalue weighted by Crippen LogP contribution is 2.41. The maximum atomic E-state index is 12.5. The smallest absolute Gasteiger partial charge is 0.410 e. The Balaban J connectivity index is 1.38. The van der Waals surface area contributed by atoms with Crippen LogP contribution in [0.5, 0.6) is 0 Å². The lowest BCUT2D eigenvalue weighted by atomic mass is 10.2. The summed E-state index contributed by atoms with van der Waals surface area (Å²) >= 11 is 7.96. The van der Waals surface area contributed by atoms with Crippen LogP contribution >= 0.6 is 22.9 Å². The molecule has 5 rings (SSSR count). The van der Waals surface area contributed by atoms with Crippen LogP contribution in [0.15, 0.2) is 6.07 Å². The predicted molar refractivity (Wildman–Crippen MR) is 118 cm³/mol. The number of fused-ring (bicyclic) bond motifs is 3. The molecular formula is C20H26ClN5O3S. The summed E-state index contributed by atoms with van der Waals surface area (Å²) in [4.78, 5) is 28.5. The van der Waals surface area contributed by atoms with Crippen LogP contribution in [0.2, 0.25) is 5.15 Å². The fraction of sp³-hybridized carbons (Fsp3) is 0.650. The number of ether oxygens (including phenoxy) is 2. The van der Waals surface area contributed by atoms with Crippen molar-refractivity contribution in [3.63, 3.8) is 0 Å². The summed E-state index contributed by atoms with van der Waals surface area (Å²) in [5.41, 5.74) is 0.418. The third kappa shape index (κ3) is 3.67. The number of aromatic nitrogens is 2. The van der Waals surface area contributed by atoms with E-state index in [1.165, 1.54) is 0 Å². The number of amides is 1. The van der Waals surface area contributed by atoms with Gasteiger partial charge in [-0.15, -0.1) is 0 Å². The highest BCUT2D eigenvalue weighted by molar-refractivity contribution is 7.22. The van der Waals surface area contributed by atoms with E-state index in [-0.39, 0.29) is 18.2 Å². The summed E-state index contributed by atoms with van der Waals surface area (Å²) < 4.78 is 12.1. The minimum Gasteiger partial charge on any atom is -0.444 e. The van der Waals surface area contributed by atoms with Crippen LogP contribution < -0.4 is 9.80 Å². The molecule has 2 atom stereocenters. The molecule has 0 spiro atoms. The van der Waals surface area contributed by atoms with E-state index in [0.29, 0.717) is 24.9 Å². The van der Waals surface area contributed by atoms with Gasteiger partial charge in [-0.3, -0.25) is 0 Å². The van der Waals surface area contributed by atoms with Gasteiger partial charge in [0.25, 0.3) is 0 Å². The van der Waals surface area contributed by atoms with E-state index >= 15 is 0 Å². The maximum Gasteiger partial charge on any atom is 0.410 e. The van der Waals surface area contributed by atoms with Crippen LogP contribution in [-0.2, 0) is 9.47 Å².